The first-order valence-corrected chi connectivity index (χ1v) is 11.7. The lowest BCUT2D eigenvalue weighted by Gasteiger charge is -2.41. The van der Waals surface area contributed by atoms with Crippen LogP contribution in [-0.2, 0) is 4.74 Å². The van der Waals surface area contributed by atoms with E-state index in [1.807, 2.05) is 43.9 Å². The molecule has 7 heteroatoms. The summed E-state index contributed by atoms with van der Waals surface area (Å²) >= 11 is 6.40. The first kappa shape index (κ1) is 23.7. The van der Waals surface area contributed by atoms with E-state index < -0.39 is 5.60 Å². The van der Waals surface area contributed by atoms with E-state index in [4.69, 9.17) is 16.3 Å². The molecule has 2 amide bonds. The maximum atomic E-state index is 12.3. The Morgan fingerprint density at radius 3 is 2.03 bits per heavy atom. The summed E-state index contributed by atoms with van der Waals surface area (Å²) in [7, 11) is 3.46. The summed E-state index contributed by atoms with van der Waals surface area (Å²) < 4.78 is 5.51. The van der Waals surface area contributed by atoms with Crippen molar-refractivity contribution in [3.8, 4) is 0 Å². The van der Waals surface area contributed by atoms with E-state index in [9.17, 15) is 9.59 Å². The zero-order chi connectivity index (χ0) is 22.8. The van der Waals surface area contributed by atoms with Gasteiger partial charge in [-0.2, -0.15) is 0 Å². The molecule has 0 radical (unpaired) electrons. The average molecular weight is 450 g/mol. The molecule has 3 rings (SSSR count). The van der Waals surface area contributed by atoms with Crippen LogP contribution in [-0.4, -0.2) is 67.7 Å². The Hall–Kier alpha value is -1.95. The Kier molecular flexibility index (Phi) is 7.40. The van der Waals surface area contributed by atoms with Crippen LogP contribution in [0.1, 0.15) is 56.8 Å². The van der Waals surface area contributed by atoms with Gasteiger partial charge in [-0.15, -0.1) is 0 Å². The molecule has 2 aliphatic rings. The van der Waals surface area contributed by atoms with E-state index >= 15 is 0 Å². The topological polar surface area (TPSA) is 53.1 Å². The highest BCUT2D eigenvalue weighted by atomic mass is 35.5. The number of ether oxygens (including phenoxy) is 1. The van der Waals surface area contributed by atoms with E-state index in [1.165, 1.54) is 0 Å². The van der Waals surface area contributed by atoms with Crippen LogP contribution in [0.5, 0.6) is 0 Å². The lowest BCUT2D eigenvalue weighted by atomic mass is 9.79. The zero-order valence-electron chi connectivity index (χ0n) is 19.5. The molecule has 31 heavy (non-hydrogen) atoms. The first-order chi connectivity index (χ1) is 14.5. The maximum Gasteiger partial charge on any atom is 0.410 e. The first-order valence-electron chi connectivity index (χ1n) is 11.3. The third kappa shape index (κ3) is 6.06. The fourth-order valence-electron chi connectivity index (χ4n) is 4.62. The standard InChI is InChI=1S/C24H36ClN3O3/c1-24(2,3)31-23(30)28-14-10-18(11-15-28)17-8-12-27(13-9-17)19-6-7-20(21(25)16-19)22(29)26(4)5/h6-7,16-18H,8-15H2,1-5H3. The van der Waals surface area contributed by atoms with Crippen LogP contribution in [0, 0.1) is 11.8 Å². The predicted octanol–water partition coefficient (Wildman–Crippen LogP) is 4.91. The van der Waals surface area contributed by atoms with E-state index in [0.717, 1.165) is 57.5 Å². The minimum absolute atomic E-state index is 0.0759. The Labute approximate surface area is 191 Å². The highest BCUT2D eigenvalue weighted by Crippen LogP contribution is 2.35. The average Bonchev–Trinajstić information content (AvgIpc) is 2.72. The summed E-state index contributed by atoms with van der Waals surface area (Å²) in [6.45, 7) is 9.29. The van der Waals surface area contributed by atoms with Crippen LogP contribution in [0.3, 0.4) is 0 Å². The highest BCUT2D eigenvalue weighted by molar-refractivity contribution is 6.34. The molecule has 1 aromatic rings. The monoisotopic (exact) mass is 449 g/mol. The van der Waals surface area contributed by atoms with Gasteiger partial charge in [-0.05, 0) is 76.5 Å². The molecule has 2 aliphatic heterocycles. The van der Waals surface area contributed by atoms with Crippen molar-refractivity contribution in [3.05, 3.63) is 28.8 Å². The van der Waals surface area contributed by atoms with Gasteiger partial charge in [0.2, 0.25) is 0 Å². The van der Waals surface area contributed by atoms with Crippen molar-refractivity contribution in [2.75, 3.05) is 45.2 Å². The third-order valence-corrected chi connectivity index (χ3v) is 6.66. The number of anilines is 1. The summed E-state index contributed by atoms with van der Waals surface area (Å²) in [5.74, 6) is 1.29. The lowest BCUT2D eigenvalue weighted by molar-refractivity contribution is 0.0152. The van der Waals surface area contributed by atoms with Crippen molar-refractivity contribution in [2.45, 2.75) is 52.1 Å². The molecule has 0 saturated carbocycles. The number of carbonyl (C=O) groups excluding carboxylic acids is 2. The molecule has 2 fully saturated rings. The van der Waals surface area contributed by atoms with Gasteiger partial charge in [-0.3, -0.25) is 4.79 Å². The Balaban J connectivity index is 1.50. The summed E-state index contributed by atoms with van der Waals surface area (Å²) in [5, 5.41) is 0.507. The maximum absolute atomic E-state index is 12.3. The molecule has 1 aromatic carbocycles. The van der Waals surface area contributed by atoms with Crippen molar-refractivity contribution < 1.29 is 14.3 Å². The molecular weight excluding hydrogens is 414 g/mol. The molecule has 172 valence electrons. The second-order valence-corrected chi connectivity index (χ2v) is 10.4. The fourth-order valence-corrected chi connectivity index (χ4v) is 4.88. The summed E-state index contributed by atoms with van der Waals surface area (Å²) in [5.41, 5.74) is 1.18. The van der Waals surface area contributed by atoms with E-state index in [1.54, 1.807) is 19.0 Å². The summed E-state index contributed by atoms with van der Waals surface area (Å²) in [6, 6.07) is 5.75. The number of halogens is 1. The fraction of sp³-hybridized carbons (Fsp3) is 0.667. The minimum atomic E-state index is -0.443. The largest absolute Gasteiger partial charge is 0.444 e. The van der Waals surface area contributed by atoms with Crippen LogP contribution in [0.15, 0.2) is 18.2 Å². The van der Waals surface area contributed by atoms with Crippen LogP contribution >= 0.6 is 11.6 Å². The second-order valence-electron chi connectivity index (χ2n) is 9.99. The SMILES string of the molecule is CN(C)C(=O)c1ccc(N2CCC(C3CCN(C(=O)OC(C)(C)C)CC3)CC2)cc1Cl. The molecule has 2 heterocycles. The summed E-state index contributed by atoms with van der Waals surface area (Å²) in [6.07, 6.45) is 4.21. The van der Waals surface area contributed by atoms with Crippen molar-refractivity contribution in [1.29, 1.82) is 0 Å². The number of hydrogen-bond donors (Lipinski definition) is 0. The predicted molar refractivity (Wildman–Crippen MR) is 125 cm³/mol. The van der Waals surface area contributed by atoms with Crippen LogP contribution in [0.25, 0.3) is 0 Å². The lowest BCUT2D eigenvalue weighted by Crippen LogP contribution is -2.44. The molecule has 0 N–H and O–H groups in total. The third-order valence-electron chi connectivity index (χ3n) is 6.35. The zero-order valence-corrected chi connectivity index (χ0v) is 20.2. The molecule has 0 aromatic heterocycles. The quantitative estimate of drug-likeness (QED) is 0.658. The smallest absolute Gasteiger partial charge is 0.410 e. The normalized spacial score (nSPS) is 18.8. The number of rotatable bonds is 3. The summed E-state index contributed by atoms with van der Waals surface area (Å²) in [4.78, 5) is 30.3. The molecule has 0 atom stereocenters. The molecule has 0 bridgehead atoms. The Morgan fingerprint density at radius 2 is 1.55 bits per heavy atom. The molecule has 0 unspecified atom stereocenters. The van der Waals surface area contributed by atoms with Crippen LogP contribution < -0.4 is 4.90 Å². The number of hydrogen-bond acceptors (Lipinski definition) is 4. The second kappa shape index (κ2) is 9.68. The van der Waals surface area contributed by atoms with Gasteiger partial charge in [0.05, 0.1) is 10.6 Å². The molecule has 0 aliphatic carbocycles. The Bertz CT molecular complexity index is 790. The molecule has 6 nitrogen and oxygen atoms in total. The van der Waals surface area contributed by atoms with Gasteiger partial charge < -0.3 is 19.4 Å². The van der Waals surface area contributed by atoms with Crippen molar-refractivity contribution in [1.82, 2.24) is 9.80 Å². The molecule has 2 saturated heterocycles. The van der Waals surface area contributed by atoms with E-state index in [2.05, 4.69) is 4.90 Å². The van der Waals surface area contributed by atoms with E-state index in [0.29, 0.717) is 22.4 Å². The number of piperidine rings is 2. The van der Waals surface area contributed by atoms with Crippen molar-refractivity contribution in [2.24, 2.45) is 11.8 Å². The van der Waals surface area contributed by atoms with Gasteiger partial charge in [-0.25, -0.2) is 4.79 Å². The van der Waals surface area contributed by atoms with Crippen LogP contribution in [0.4, 0.5) is 10.5 Å². The van der Waals surface area contributed by atoms with E-state index in [-0.39, 0.29) is 12.0 Å². The van der Waals surface area contributed by atoms with Gasteiger partial charge in [0.25, 0.3) is 5.91 Å². The molecular formula is C24H36ClN3O3. The number of benzene rings is 1. The highest BCUT2D eigenvalue weighted by Gasteiger charge is 2.32. The number of likely N-dealkylation sites (tertiary alicyclic amines) is 1. The van der Waals surface area contributed by atoms with Crippen molar-refractivity contribution >= 4 is 29.3 Å². The van der Waals surface area contributed by atoms with Gasteiger partial charge in [0.15, 0.2) is 0 Å². The number of carbonyl (C=O) groups is 2. The number of amides is 2. The Morgan fingerprint density at radius 1 is 1.00 bits per heavy atom. The van der Waals surface area contributed by atoms with Crippen LogP contribution in [0.2, 0.25) is 5.02 Å². The van der Waals surface area contributed by atoms with Crippen molar-refractivity contribution in [3.63, 3.8) is 0 Å². The van der Waals surface area contributed by atoms with Gasteiger partial charge in [0.1, 0.15) is 5.60 Å². The molecule has 0 spiro atoms. The van der Waals surface area contributed by atoms with Gasteiger partial charge >= 0.3 is 6.09 Å². The minimum Gasteiger partial charge on any atom is -0.444 e. The van der Waals surface area contributed by atoms with Gasteiger partial charge in [-0.1, -0.05) is 11.6 Å². The van der Waals surface area contributed by atoms with Gasteiger partial charge in [0, 0.05) is 46.0 Å². The number of nitrogens with zero attached hydrogens (tertiary/aromatic N) is 3.